The van der Waals surface area contributed by atoms with Gasteiger partial charge >= 0.3 is 0 Å². The van der Waals surface area contributed by atoms with Crippen molar-refractivity contribution in [3.8, 4) is 0 Å². The van der Waals surface area contributed by atoms with Crippen LogP contribution in [0.5, 0.6) is 0 Å². The zero-order valence-electron chi connectivity index (χ0n) is 7.04. The molecular formula is C9H10FNO. The minimum absolute atomic E-state index is 0.0741. The number of hydrogen-bond donors (Lipinski definition) is 0. The SMILES string of the molecule is Cc1ccc(C(=O)N(C)F)cc1. The quantitative estimate of drug-likeness (QED) is 0.585. The summed E-state index contributed by atoms with van der Waals surface area (Å²) in [6.07, 6.45) is 0. The van der Waals surface area contributed by atoms with Crippen molar-refractivity contribution in [3.63, 3.8) is 0 Å². The molecule has 0 spiro atoms. The van der Waals surface area contributed by atoms with E-state index in [0.717, 1.165) is 12.6 Å². The van der Waals surface area contributed by atoms with E-state index in [0.29, 0.717) is 5.56 Å². The van der Waals surface area contributed by atoms with Crippen molar-refractivity contribution in [2.45, 2.75) is 6.92 Å². The second kappa shape index (κ2) is 3.34. The Morgan fingerprint density at radius 3 is 2.25 bits per heavy atom. The molecule has 1 aromatic carbocycles. The molecule has 64 valence electrons. The van der Waals surface area contributed by atoms with E-state index < -0.39 is 5.91 Å². The molecule has 1 rings (SSSR count). The average molecular weight is 167 g/mol. The highest BCUT2D eigenvalue weighted by molar-refractivity contribution is 5.93. The van der Waals surface area contributed by atoms with Crippen molar-refractivity contribution in [3.05, 3.63) is 35.4 Å². The summed E-state index contributed by atoms with van der Waals surface area (Å²) in [6.45, 7) is 1.91. The van der Waals surface area contributed by atoms with E-state index in [1.54, 1.807) is 24.3 Å². The third-order valence-electron chi connectivity index (χ3n) is 1.58. The lowest BCUT2D eigenvalue weighted by molar-refractivity contribution is 0.0343. The van der Waals surface area contributed by atoms with Gasteiger partial charge in [-0.3, -0.25) is 4.79 Å². The highest BCUT2D eigenvalue weighted by atomic mass is 19.2. The summed E-state index contributed by atoms with van der Waals surface area (Å²) < 4.78 is 12.4. The number of carbonyl (C=O) groups excluding carboxylic acids is 1. The molecular weight excluding hydrogens is 157 g/mol. The predicted octanol–water partition coefficient (Wildman–Crippen LogP) is 1.95. The molecule has 0 N–H and O–H groups in total. The van der Waals surface area contributed by atoms with E-state index in [9.17, 15) is 9.28 Å². The van der Waals surface area contributed by atoms with E-state index in [-0.39, 0.29) is 5.12 Å². The lowest BCUT2D eigenvalue weighted by atomic mass is 10.1. The number of nitrogens with zero attached hydrogens (tertiary/aromatic N) is 1. The maximum absolute atomic E-state index is 12.4. The summed E-state index contributed by atoms with van der Waals surface area (Å²) in [5.74, 6) is -0.616. The zero-order chi connectivity index (χ0) is 9.14. The van der Waals surface area contributed by atoms with E-state index in [1.807, 2.05) is 6.92 Å². The average Bonchev–Trinajstić information content (AvgIpc) is 2.04. The standard InChI is InChI=1S/C9H10FNO/c1-7-3-5-8(6-4-7)9(12)11(2)10/h3-6H,1-2H3. The highest BCUT2D eigenvalue weighted by Crippen LogP contribution is 2.05. The fourth-order valence-electron chi connectivity index (χ4n) is 0.874. The Morgan fingerprint density at radius 1 is 1.33 bits per heavy atom. The maximum Gasteiger partial charge on any atom is 0.281 e. The fraction of sp³-hybridized carbons (Fsp3) is 0.222. The first kappa shape index (κ1) is 8.71. The molecule has 0 bridgehead atoms. The number of aryl methyl sites for hydroxylation is 1. The van der Waals surface area contributed by atoms with Crippen LogP contribution in [0.2, 0.25) is 0 Å². The van der Waals surface area contributed by atoms with Crippen molar-refractivity contribution >= 4 is 5.91 Å². The molecule has 0 fully saturated rings. The van der Waals surface area contributed by atoms with Gasteiger partial charge in [0.05, 0.1) is 0 Å². The van der Waals surface area contributed by atoms with Gasteiger partial charge in [-0.05, 0) is 19.1 Å². The molecule has 0 aliphatic carbocycles. The first-order chi connectivity index (χ1) is 5.61. The number of rotatable bonds is 1. The molecule has 0 unspecified atom stereocenters. The van der Waals surface area contributed by atoms with Gasteiger partial charge in [0.15, 0.2) is 0 Å². The summed E-state index contributed by atoms with van der Waals surface area (Å²) in [5.41, 5.74) is 1.42. The number of halogens is 1. The normalized spacial score (nSPS) is 9.58. The van der Waals surface area contributed by atoms with E-state index in [2.05, 4.69) is 0 Å². The molecule has 0 atom stereocenters. The van der Waals surface area contributed by atoms with Crippen LogP contribution in [0.15, 0.2) is 24.3 Å². The van der Waals surface area contributed by atoms with Gasteiger partial charge in [-0.25, -0.2) is 0 Å². The molecule has 0 aliphatic heterocycles. The molecule has 1 amide bonds. The third kappa shape index (κ3) is 1.81. The van der Waals surface area contributed by atoms with E-state index in [4.69, 9.17) is 0 Å². The predicted molar refractivity (Wildman–Crippen MR) is 44.4 cm³/mol. The third-order valence-corrected chi connectivity index (χ3v) is 1.58. The molecule has 0 heterocycles. The molecule has 0 aromatic heterocycles. The van der Waals surface area contributed by atoms with Gasteiger partial charge in [0, 0.05) is 12.6 Å². The smallest absolute Gasteiger partial charge is 0.267 e. The Morgan fingerprint density at radius 2 is 1.83 bits per heavy atom. The number of carbonyl (C=O) groups is 1. The Balaban J connectivity index is 2.90. The van der Waals surface area contributed by atoms with Crippen LogP contribution >= 0.6 is 0 Å². The number of amides is 1. The van der Waals surface area contributed by atoms with Gasteiger partial charge in [0.2, 0.25) is 0 Å². The van der Waals surface area contributed by atoms with Crippen LogP contribution in [-0.4, -0.2) is 18.1 Å². The van der Waals surface area contributed by atoms with Gasteiger partial charge in [-0.2, -0.15) is 5.12 Å². The van der Waals surface area contributed by atoms with Crippen LogP contribution < -0.4 is 0 Å². The van der Waals surface area contributed by atoms with Crippen molar-refractivity contribution in [1.29, 1.82) is 0 Å². The van der Waals surface area contributed by atoms with Crippen LogP contribution in [-0.2, 0) is 0 Å². The van der Waals surface area contributed by atoms with Crippen LogP contribution in [0.3, 0.4) is 0 Å². The zero-order valence-corrected chi connectivity index (χ0v) is 7.04. The lowest BCUT2D eigenvalue weighted by Crippen LogP contribution is -2.17. The molecule has 1 aromatic rings. The summed E-state index contributed by atoms with van der Waals surface area (Å²) in [6, 6.07) is 6.76. The van der Waals surface area contributed by atoms with Crippen molar-refractivity contribution in [1.82, 2.24) is 5.12 Å². The molecule has 0 aliphatic rings. The lowest BCUT2D eigenvalue weighted by Gasteiger charge is -2.04. The number of hydrogen-bond acceptors (Lipinski definition) is 1. The molecule has 0 saturated carbocycles. The van der Waals surface area contributed by atoms with E-state index in [1.165, 1.54) is 0 Å². The second-order valence-corrected chi connectivity index (χ2v) is 2.65. The second-order valence-electron chi connectivity index (χ2n) is 2.65. The first-order valence-corrected chi connectivity index (χ1v) is 3.62. The number of benzene rings is 1. The molecule has 0 saturated heterocycles. The molecule has 0 radical (unpaired) electrons. The van der Waals surface area contributed by atoms with Crippen LogP contribution in [0.4, 0.5) is 4.48 Å². The Kier molecular flexibility index (Phi) is 2.43. The molecule has 2 nitrogen and oxygen atoms in total. The minimum atomic E-state index is -0.616. The van der Waals surface area contributed by atoms with Crippen LogP contribution in [0.1, 0.15) is 15.9 Å². The fourth-order valence-corrected chi connectivity index (χ4v) is 0.874. The van der Waals surface area contributed by atoms with Gasteiger partial charge < -0.3 is 0 Å². The van der Waals surface area contributed by atoms with Crippen LogP contribution in [0.25, 0.3) is 0 Å². The monoisotopic (exact) mass is 167 g/mol. The summed E-state index contributed by atoms with van der Waals surface area (Å²) in [5, 5.41) is 0.0741. The molecule has 12 heavy (non-hydrogen) atoms. The Hall–Kier alpha value is -1.38. The van der Waals surface area contributed by atoms with Crippen molar-refractivity contribution in [2.24, 2.45) is 0 Å². The van der Waals surface area contributed by atoms with Crippen LogP contribution in [0, 0.1) is 6.92 Å². The van der Waals surface area contributed by atoms with Gasteiger partial charge in [-0.1, -0.05) is 22.2 Å². The molecule has 3 heteroatoms. The van der Waals surface area contributed by atoms with Crippen molar-refractivity contribution < 1.29 is 9.28 Å². The van der Waals surface area contributed by atoms with Gasteiger partial charge in [0.1, 0.15) is 0 Å². The largest absolute Gasteiger partial charge is 0.281 e. The van der Waals surface area contributed by atoms with Crippen molar-refractivity contribution in [2.75, 3.05) is 7.05 Å². The highest BCUT2D eigenvalue weighted by Gasteiger charge is 2.09. The minimum Gasteiger partial charge on any atom is -0.267 e. The maximum atomic E-state index is 12.4. The Labute approximate surface area is 70.5 Å². The summed E-state index contributed by atoms with van der Waals surface area (Å²) in [7, 11) is 1.09. The van der Waals surface area contributed by atoms with Gasteiger partial charge in [-0.15, -0.1) is 0 Å². The topological polar surface area (TPSA) is 20.3 Å². The summed E-state index contributed by atoms with van der Waals surface area (Å²) in [4.78, 5) is 11.0. The first-order valence-electron chi connectivity index (χ1n) is 3.62. The summed E-state index contributed by atoms with van der Waals surface area (Å²) >= 11 is 0. The Bertz CT molecular complexity index is 279. The van der Waals surface area contributed by atoms with Gasteiger partial charge in [0.25, 0.3) is 5.91 Å². The van der Waals surface area contributed by atoms with E-state index >= 15 is 0 Å².